The second-order valence-electron chi connectivity index (χ2n) is 5.93. The van der Waals surface area contributed by atoms with E-state index in [0.29, 0.717) is 28.4 Å². The highest BCUT2D eigenvalue weighted by molar-refractivity contribution is 7.99. The molecule has 0 aromatic carbocycles. The second kappa shape index (κ2) is 8.15. The van der Waals surface area contributed by atoms with Crippen LogP contribution in [0.25, 0.3) is 10.9 Å². The Bertz CT molecular complexity index is 1050. The lowest BCUT2D eigenvalue weighted by atomic mass is 10.2. The Kier molecular flexibility index (Phi) is 6.26. The molecule has 3 heterocycles. The topological polar surface area (TPSA) is 119 Å². The van der Waals surface area contributed by atoms with Gasteiger partial charge in [0.1, 0.15) is 5.82 Å². The molecule has 0 radical (unpaired) electrons. The van der Waals surface area contributed by atoms with Crippen LogP contribution in [0.2, 0.25) is 0 Å². The van der Waals surface area contributed by atoms with Gasteiger partial charge in [-0.3, -0.25) is 10.3 Å². The molecule has 0 saturated heterocycles. The Morgan fingerprint density at radius 1 is 1.34 bits per heavy atom. The van der Waals surface area contributed by atoms with Crippen LogP contribution in [0.4, 0.5) is 29.5 Å². The number of fused-ring (bicyclic) bond motifs is 1. The van der Waals surface area contributed by atoms with Gasteiger partial charge in [-0.25, -0.2) is 14.8 Å². The first kappa shape index (κ1) is 22.3. The van der Waals surface area contributed by atoms with Crippen LogP contribution >= 0.6 is 11.8 Å². The van der Waals surface area contributed by atoms with Crippen LogP contribution < -0.4 is 11.1 Å². The van der Waals surface area contributed by atoms with Gasteiger partial charge in [0.05, 0.1) is 28.3 Å². The molecule has 0 aliphatic rings. The molecule has 1 atom stereocenters. The van der Waals surface area contributed by atoms with Crippen molar-refractivity contribution in [2.75, 3.05) is 11.1 Å². The Morgan fingerprint density at radius 3 is 2.66 bits per heavy atom. The maximum absolute atomic E-state index is 12.9. The fourth-order valence-electron chi connectivity index (χ4n) is 2.59. The normalized spacial score (nSPS) is 12.4. The lowest BCUT2D eigenvalue weighted by Gasteiger charge is -2.12. The monoisotopic (exact) mass is 428 g/mol. The van der Waals surface area contributed by atoms with Crippen molar-refractivity contribution in [3.05, 3.63) is 35.9 Å². The van der Waals surface area contributed by atoms with Crippen LogP contribution in [-0.2, 0) is 13.2 Å². The lowest BCUT2D eigenvalue weighted by Crippen LogP contribution is -2.11. The van der Waals surface area contributed by atoms with Gasteiger partial charge < -0.3 is 15.4 Å². The number of carboxylic acid groups (broad SMARTS) is 1. The molecule has 0 bridgehead atoms. The van der Waals surface area contributed by atoms with Crippen molar-refractivity contribution in [1.82, 2.24) is 19.5 Å². The van der Waals surface area contributed by atoms with Crippen molar-refractivity contribution >= 4 is 40.3 Å². The molecule has 156 valence electrons. The smallest absolute Gasteiger partial charge is 0.433 e. The van der Waals surface area contributed by atoms with E-state index in [2.05, 4.69) is 20.3 Å². The van der Waals surface area contributed by atoms with E-state index in [9.17, 15) is 18.0 Å². The SMILES string of the molecule is C.CC(Sc1nc(N)cc(C(F)(F)F)n1)c1cc2c(NC(=O)O)cn(C)c2cn1. The third-order valence-electron chi connectivity index (χ3n) is 3.85. The molecule has 12 heteroatoms. The standard InChI is InChI=1S/C16H15F3N6O2S.CH4/c1-7(28-14-23-12(16(17,18)19)4-13(20)24-14)9-3-8-10(22-15(26)27)6-25(2)11(8)5-21-9;/h3-7,22H,1-2H3,(H,26,27)(H2,20,23,24);1H4. The van der Waals surface area contributed by atoms with Gasteiger partial charge >= 0.3 is 12.3 Å². The number of hydrogen-bond donors (Lipinski definition) is 3. The first-order chi connectivity index (χ1) is 13.0. The zero-order chi connectivity index (χ0) is 20.6. The van der Waals surface area contributed by atoms with Crippen molar-refractivity contribution in [2.45, 2.75) is 30.9 Å². The number of alkyl halides is 3. The van der Waals surface area contributed by atoms with Crippen molar-refractivity contribution in [2.24, 2.45) is 7.05 Å². The summed E-state index contributed by atoms with van der Waals surface area (Å²) in [5.41, 5.74) is 5.95. The van der Waals surface area contributed by atoms with Crippen LogP contribution in [0, 0.1) is 0 Å². The number of aromatic nitrogens is 4. The number of thioether (sulfide) groups is 1. The molecule has 0 aliphatic carbocycles. The van der Waals surface area contributed by atoms with Gasteiger partial charge in [0.15, 0.2) is 10.9 Å². The van der Waals surface area contributed by atoms with E-state index < -0.39 is 23.2 Å². The predicted octanol–water partition coefficient (Wildman–Crippen LogP) is 4.54. The summed E-state index contributed by atoms with van der Waals surface area (Å²) in [6, 6.07) is 2.35. The minimum Gasteiger partial charge on any atom is -0.465 e. The molecule has 0 fully saturated rings. The molecule has 0 spiro atoms. The summed E-state index contributed by atoms with van der Waals surface area (Å²) >= 11 is 0.968. The van der Waals surface area contributed by atoms with Gasteiger partial charge in [-0.1, -0.05) is 19.2 Å². The second-order valence-corrected chi connectivity index (χ2v) is 7.24. The molecule has 0 aliphatic heterocycles. The molecule has 3 rings (SSSR count). The zero-order valence-electron chi connectivity index (χ0n) is 14.7. The lowest BCUT2D eigenvalue weighted by molar-refractivity contribution is -0.141. The molecule has 8 nitrogen and oxygen atoms in total. The van der Waals surface area contributed by atoms with Crippen LogP contribution in [-0.4, -0.2) is 30.7 Å². The van der Waals surface area contributed by atoms with Crippen molar-refractivity contribution in [1.29, 1.82) is 0 Å². The maximum atomic E-state index is 12.9. The number of anilines is 2. The average Bonchev–Trinajstić information content (AvgIpc) is 2.88. The molecular weight excluding hydrogens is 409 g/mol. The first-order valence-corrected chi connectivity index (χ1v) is 8.76. The maximum Gasteiger partial charge on any atom is 0.433 e. The van der Waals surface area contributed by atoms with Gasteiger partial charge in [-0.15, -0.1) is 0 Å². The fraction of sp³-hybridized carbons (Fsp3) is 0.294. The summed E-state index contributed by atoms with van der Waals surface area (Å²) < 4.78 is 40.4. The Balaban J connectivity index is 0.00000300. The molecule has 3 aromatic heterocycles. The summed E-state index contributed by atoms with van der Waals surface area (Å²) in [5, 5.41) is 11.4. The minimum atomic E-state index is -4.63. The van der Waals surface area contributed by atoms with E-state index >= 15 is 0 Å². The number of nitrogens with two attached hydrogens (primary N) is 1. The number of halogens is 3. The number of pyridine rings is 1. The highest BCUT2D eigenvalue weighted by Crippen LogP contribution is 2.36. The van der Waals surface area contributed by atoms with Crippen LogP contribution in [0.15, 0.2) is 29.7 Å². The van der Waals surface area contributed by atoms with Gasteiger partial charge in [0, 0.05) is 24.7 Å². The number of aryl methyl sites for hydroxylation is 1. The zero-order valence-corrected chi connectivity index (χ0v) is 15.5. The van der Waals surface area contributed by atoms with Crippen molar-refractivity contribution < 1.29 is 23.1 Å². The number of rotatable bonds is 4. The number of nitrogen functional groups attached to an aromatic ring is 1. The van der Waals surface area contributed by atoms with Gasteiger partial charge in [0.25, 0.3) is 0 Å². The van der Waals surface area contributed by atoms with E-state index in [1.165, 1.54) is 0 Å². The summed E-state index contributed by atoms with van der Waals surface area (Å²) in [7, 11) is 1.74. The number of carbonyl (C=O) groups is 1. The molecule has 1 unspecified atom stereocenters. The van der Waals surface area contributed by atoms with Crippen molar-refractivity contribution in [3.63, 3.8) is 0 Å². The Hall–Kier alpha value is -3.02. The van der Waals surface area contributed by atoms with Crippen LogP contribution in [0.5, 0.6) is 0 Å². The first-order valence-electron chi connectivity index (χ1n) is 7.88. The highest BCUT2D eigenvalue weighted by Gasteiger charge is 2.33. The Morgan fingerprint density at radius 2 is 2.03 bits per heavy atom. The Labute approximate surface area is 168 Å². The van der Waals surface area contributed by atoms with E-state index in [0.717, 1.165) is 11.8 Å². The van der Waals surface area contributed by atoms with Gasteiger partial charge in [-0.2, -0.15) is 13.2 Å². The summed E-state index contributed by atoms with van der Waals surface area (Å²) in [4.78, 5) is 22.7. The molecule has 29 heavy (non-hydrogen) atoms. The third kappa shape index (κ3) is 4.88. The average molecular weight is 428 g/mol. The number of nitrogens with zero attached hydrogens (tertiary/aromatic N) is 4. The van der Waals surface area contributed by atoms with E-state index in [4.69, 9.17) is 10.8 Å². The van der Waals surface area contributed by atoms with Gasteiger partial charge in [0.2, 0.25) is 0 Å². The highest BCUT2D eigenvalue weighted by atomic mass is 32.2. The van der Waals surface area contributed by atoms with Crippen LogP contribution in [0.1, 0.15) is 31.0 Å². The van der Waals surface area contributed by atoms with Gasteiger partial charge in [-0.05, 0) is 13.0 Å². The van der Waals surface area contributed by atoms with E-state index in [1.807, 2.05) is 0 Å². The molecular formula is C17H19F3N6O2S. The van der Waals surface area contributed by atoms with E-state index in [1.54, 1.807) is 37.0 Å². The molecule has 1 amide bonds. The number of hydrogen-bond acceptors (Lipinski definition) is 6. The quantitative estimate of drug-likeness (QED) is 0.412. The number of nitrogens with one attached hydrogen (secondary N) is 1. The van der Waals surface area contributed by atoms with Crippen molar-refractivity contribution in [3.8, 4) is 0 Å². The van der Waals surface area contributed by atoms with Crippen LogP contribution in [0.3, 0.4) is 0 Å². The minimum absolute atomic E-state index is 0. The molecule has 3 aromatic rings. The summed E-state index contributed by atoms with van der Waals surface area (Å²) in [5.74, 6) is -0.281. The largest absolute Gasteiger partial charge is 0.465 e. The van der Waals surface area contributed by atoms with E-state index in [-0.39, 0.29) is 18.4 Å². The fourth-order valence-corrected chi connectivity index (χ4v) is 3.47. The molecule has 0 saturated carbocycles. The molecule has 4 N–H and O–H groups in total. The predicted molar refractivity (Wildman–Crippen MR) is 105 cm³/mol. The third-order valence-corrected chi connectivity index (χ3v) is 4.84. The summed E-state index contributed by atoms with van der Waals surface area (Å²) in [6.07, 6.45) is -2.66. The summed E-state index contributed by atoms with van der Waals surface area (Å²) in [6.45, 7) is 1.73. The number of amides is 1.